The molecular weight excluding hydrogens is 322 g/mol. The van der Waals surface area contributed by atoms with Crippen LogP contribution in [0.15, 0.2) is 23.8 Å². The topological polar surface area (TPSA) is 51.9 Å². The summed E-state index contributed by atoms with van der Waals surface area (Å²) in [5.41, 5.74) is 2.50. The summed E-state index contributed by atoms with van der Waals surface area (Å²) in [5.74, 6) is 3.27. The second-order valence-corrected chi connectivity index (χ2v) is 9.62. The van der Waals surface area contributed by atoms with E-state index >= 15 is 0 Å². The average molecular weight is 355 g/mol. The normalized spacial score (nSPS) is 49.5. The van der Waals surface area contributed by atoms with Crippen LogP contribution < -0.4 is 5.41 Å². The Balaban J connectivity index is 1.55. The molecule has 140 valence electrons. The first-order chi connectivity index (χ1) is 12.5. The maximum atomic E-state index is 12.1. The van der Waals surface area contributed by atoms with Gasteiger partial charge in [0.1, 0.15) is 5.60 Å². The number of hydrogen-bond donors (Lipinski definition) is 1. The van der Waals surface area contributed by atoms with E-state index in [1.54, 1.807) is 0 Å². The summed E-state index contributed by atoms with van der Waals surface area (Å²) >= 11 is 0. The van der Waals surface area contributed by atoms with Crippen LogP contribution in [0.5, 0.6) is 0 Å². The van der Waals surface area contributed by atoms with Gasteiger partial charge in [0.05, 0.1) is 0 Å². The van der Waals surface area contributed by atoms with E-state index in [9.17, 15) is 4.79 Å². The van der Waals surface area contributed by atoms with Gasteiger partial charge in [0.2, 0.25) is 0 Å². The predicted octanol–water partition coefficient (Wildman–Crippen LogP) is 3.25. The number of ether oxygens (including phenoxy) is 1. The van der Waals surface area contributed by atoms with E-state index in [-0.39, 0.29) is 17.0 Å². The highest BCUT2D eigenvalue weighted by atomic mass is 16.6. The zero-order valence-electron chi connectivity index (χ0n) is 16.2. The molecule has 3 heteroatoms. The maximum absolute atomic E-state index is 12.1. The maximum Gasteiger partial charge on any atom is 0.306 e. The third-order valence-electron chi connectivity index (χ3n) is 9.02. The van der Waals surface area contributed by atoms with E-state index in [2.05, 4.69) is 32.1 Å². The summed E-state index contributed by atoms with van der Waals surface area (Å²) in [6, 6.07) is 0. The van der Waals surface area contributed by atoms with Crippen molar-refractivity contribution in [3.05, 3.63) is 23.8 Å². The Morgan fingerprint density at radius 3 is 2.85 bits per heavy atom. The van der Waals surface area contributed by atoms with Gasteiger partial charge in [-0.25, -0.2) is 0 Å². The molecule has 0 aromatic rings. The molecule has 2 N–H and O–H groups in total. The highest BCUT2D eigenvalue weighted by Crippen LogP contribution is 2.69. The van der Waals surface area contributed by atoms with Gasteiger partial charge in [-0.15, -0.1) is 0 Å². The van der Waals surface area contributed by atoms with Crippen LogP contribution in [0.1, 0.15) is 65.2 Å². The van der Waals surface area contributed by atoms with Crippen LogP contribution in [0.2, 0.25) is 0 Å². The minimum absolute atomic E-state index is 0.0372. The molecule has 7 atom stereocenters. The zero-order chi connectivity index (χ0) is 18.1. The molecular formula is C23H32NO2+. The fraction of sp³-hybridized carbons (Fsp3) is 0.739. The van der Waals surface area contributed by atoms with Crippen LogP contribution in [0.4, 0.5) is 0 Å². The number of hydrogen-bond acceptors (Lipinski definition) is 2. The third kappa shape index (κ3) is 1.95. The van der Waals surface area contributed by atoms with Gasteiger partial charge in [-0.3, -0.25) is 10.2 Å². The summed E-state index contributed by atoms with van der Waals surface area (Å²) in [7, 11) is 0. The number of carbonyl (C=O) groups is 1. The molecule has 0 aromatic heterocycles. The van der Waals surface area contributed by atoms with Crippen molar-refractivity contribution in [2.24, 2.45) is 35.0 Å². The standard InChI is InChI=1S/C23H31NO2/c1-3-22-10-8-18-17-7-5-16(24)13-15(17)4-6-19(18)20(22)12-14(2)23(22)11-9-21(25)26-23/h4,6,13-14,17-20,24H,3,5,7-12H2,1-2H3/p+1/t14-,17?,18?,19?,20?,22?,23?/m1/s1. The molecule has 1 spiro atoms. The van der Waals surface area contributed by atoms with Gasteiger partial charge in [0.25, 0.3) is 0 Å². The molecule has 0 aromatic carbocycles. The van der Waals surface area contributed by atoms with Crippen molar-refractivity contribution in [3.8, 4) is 0 Å². The Kier molecular flexibility index (Phi) is 3.59. The van der Waals surface area contributed by atoms with Gasteiger partial charge in [-0.2, -0.15) is 0 Å². The molecule has 5 aliphatic rings. The second kappa shape index (κ2) is 5.56. The van der Waals surface area contributed by atoms with E-state index in [0.717, 1.165) is 30.9 Å². The highest BCUT2D eigenvalue weighted by Gasteiger charge is 2.69. The third-order valence-corrected chi connectivity index (χ3v) is 9.02. The van der Waals surface area contributed by atoms with E-state index in [0.29, 0.717) is 30.1 Å². The van der Waals surface area contributed by atoms with E-state index < -0.39 is 0 Å². The number of rotatable bonds is 1. The molecule has 26 heavy (non-hydrogen) atoms. The van der Waals surface area contributed by atoms with Crippen molar-refractivity contribution >= 4 is 11.7 Å². The van der Waals surface area contributed by atoms with Gasteiger partial charge in [-0.05, 0) is 73.7 Å². The number of esters is 1. The Bertz CT molecular complexity index is 722. The van der Waals surface area contributed by atoms with Crippen molar-refractivity contribution in [1.29, 1.82) is 0 Å². The number of allylic oxidation sites excluding steroid dienone is 4. The number of nitrogens with two attached hydrogens (primary N) is 1. The lowest BCUT2D eigenvalue weighted by atomic mass is 9.50. The quantitative estimate of drug-likeness (QED) is 0.735. The Hall–Kier alpha value is -1.38. The minimum atomic E-state index is -0.191. The fourth-order valence-electron chi connectivity index (χ4n) is 7.95. The average Bonchev–Trinajstić information content (AvgIpc) is 3.14. The first-order valence-electron chi connectivity index (χ1n) is 10.7. The van der Waals surface area contributed by atoms with E-state index in [1.807, 2.05) is 0 Å². The molecule has 0 amide bonds. The molecule has 4 aliphatic carbocycles. The van der Waals surface area contributed by atoms with Crippen LogP contribution in [0.3, 0.4) is 0 Å². The SMILES string of the molecule is CCC12CCC3C4CCC(=[NH2+])C=C4C=CC3C1C[C@@H](C)C21CCC(=O)O1. The van der Waals surface area contributed by atoms with Crippen LogP contribution in [-0.4, -0.2) is 17.3 Å². The van der Waals surface area contributed by atoms with Crippen molar-refractivity contribution < 1.29 is 14.9 Å². The molecule has 1 heterocycles. The summed E-state index contributed by atoms with van der Waals surface area (Å²) in [6.45, 7) is 4.69. The second-order valence-electron chi connectivity index (χ2n) is 9.62. The number of carbonyl (C=O) groups excluding carboxylic acids is 1. The van der Waals surface area contributed by atoms with Crippen molar-refractivity contribution in [3.63, 3.8) is 0 Å². The van der Waals surface area contributed by atoms with Crippen LogP contribution in [0, 0.1) is 35.0 Å². The molecule has 1 saturated heterocycles. The van der Waals surface area contributed by atoms with Gasteiger partial charge in [0.15, 0.2) is 5.71 Å². The zero-order valence-corrected chi connectivity index (χ0v) is 16.2. The predicted molar refractivity (Wildman–Crippen MR) is 101 cm³/mol. The van der Waals surface area contributed by atoms with Gasteiger partial charge < -0.3 is 4.74 Å². The van der Waals surface area contributed by atoms with Crippen molar-refractivity contribution in [1.82, 2.24) is 0 Å². The van der Waals surface area contributed by atoms with Gasteiger partial charge in [0, 0.05) is 24.3 Å². The lowest BCUT2D eigenvalue weighted by molar-refractivity contribution is -0.173. The minimum Gasteiger partial charge on any atom is -0.458 e. The summed E-state index contributed by atoms with van der Waals surface area (Å²) in [6.07, 6.45) is 15.8. The van der Waals surface area contributed by atoms with Crippen LogP contribution in [-0.2, 0) is 9.53 Å². The highest BCUT2D eigenvalue weighted by molar-refractivity contribution is 5.92. The lowest BCUT2D eigenvalue weighted by Gasteiger charge is -2.55. The van der Waals surface area contributed by atoms with E-state index in [1.165, 1.54) is 31.3 Å². The molecule has 0 radical (unpaired) electrons. The first kappa shape index (κ1) is 16.8. The first-order valence-corrected chi connectivity index (χ1v) is 10.7. The summed E-state index contributed by atoms with van der Waals surface area (Å²) in [5, 5.41) is 6.11. The molecule has 5 rings (SSSR count). The van der Waals surface area contributed by atoms with Gasteiger partial charge in [-0.1, -0.05) is 26.0 Å². The molecule has 0 bridgehead atoms. The Morgan fingerprint density at radius 2 is 2.12 bits per heavy atom. The largest absolute Gasteiger partial charge is 0.458 e. The number of fused-ring (bicyclic) bond motifs is 6. The molecule has 3 fully saturated rings. The molecule has 3 nitrogen and oxygen atoms in total. The Labute approximate surface area is 156 Å². The van der Waals surface area contributed by atoms with Crippen LogP contribution in [0.25, 0.3) is 0 Å². The molecule has 2 saturated carbocycles. The fourth-order valence-corrected chi connectivity index (χ4v) is 7.95. The Morgan fingerprint density at radius 1 is 1.27 bits per heavy atom. The molecule has 1 aliphatic heterocycles. The smallest absolute Gasteiger partial charge is 0.306 e. The molecule has 6 unspecified atom stereocenters. The van der Waals surface area contributed by atoms with Crippen molar-refractivity contribution in [2.45, 2.75) is 70.8 Å². The monoisotopic (exact) mass is 354 g/mol. The van der Waals surface area contributed by atoms with Crippen molar-refractivity contribution in [2.75, 3.05) is 0 Å². The summed E-state index contributed by atoms with van der Waals surface area (Å²) in [4.78, 5) is 12.1. The summed E-state index contributed by atoms with van der Waals surface area (Å²) < 4.78 is 6.19. The van der Waals surface area contributed by atoms with Crippen LogP contribution >= 0.6 is 0 Å². The van der Waals surface area contributed by atoms with E-state index in [4.69, 9.17) is 10.1 Å². The van der Waals surface area contributed by atoms with Gasteiger partial charge >= 0.3 is 5.97 Å². The lowest BCUT2D eigenvalue weighted by Crippen LogP contribution is -2.54.